The van der Waals surface area contributed by atoms with Crippen molar-refractivity contribution in [3.8, 4) is 0 Å². The van der Waals surface area contributed by atoms with Crippen LogP contribution in [0.2, 0.25) is 0 Å². The fourth-order valence-corrected chi connectivity index (χ4v) is 4.65. The zero-order valence-electron chi connectivity index (χ0n) is 18.7. The maximum Gasteiger partial charge on any atom is 0.416 e. The van der Waals surface area contributed by atoms with Gasteiger partial charge in [-0.05, 0) is 76.2 Å². The van der Waals surface area contributed by atoms with E-state index in [1.807, 2.05) is 42.5 Å². The van der Waals surface area contributed by atoms with Crippen LogP contribution in [0.5, 0.6) is 0 Å². The highest BCUT2D eigenvalue weighted by Crippen LogP contribution is 2.37. The average molecular weight is 666 g/mol. The Bertz CT molecular complexity index is 1350. The van der Waals surface area contributed by atoms with Gasteiger partial charge in [-0.3, -0.25) is 4.98 Å². The summed E-state index contributed by atoms with van der Waals surface area (Å²) in [6.07, 6.45) is -2.75. The molecular weight excluding hydrogens is 646 g/mol. The molecule has 1 aromatic heterocycles. The van der Waals surface area contributed by atoms with Gasteiger partial charge in [-0.25, -0.2) is 4.79 Å². The van der Waals surface area contributed by atoms with Crippen molar-refractivity contribution >= 4 is 50.2 Å². The molecule has 3 aromatic carbocycles. The van der Waals surface area contributed by atoms with Gasteiger partial charge in [0.15, 0.2) is 0 Å². The van der Waals surface area contributed by atoms with Crippen molar-refractivity contribution in [2.75, 3.05) is 5.32 Å². The van der Waals surface area contributed by atoms with Gasteiger partial charge in [0.2, 0.25) is 0 Å². The monoisotopic (exact) mass is 665 g/mol. The predicted octanol–water partition coefficient (Wildman–Crippen LogP) is 7.78. The molecule has 0 aliphatic heterocycles. The number of urea groups is 1. The zero-order chi connectivity index (χ0) is 25.8. The molecule has 0 fully saturated rings. The van der Waals surface area contributed by atoms with E-state index in [0.717, 1.165) is 25.7 Å². The molecule has 0 saturated heterocycles. The van der Waals surface area contributed by atoms with Crippen molar-refractivity contribution in [2.24, 2.45) is 0 Å². The third-order valence-corrected chi connectivity index (χ3v) is 6.70. The summed E-state index contributed by atoms with van der Waals surface area (Å²) in [6, 6.07) is 24.3. The van der Waals surface area contributed by atoms with Gasteiger partial charge in [-0.15, -0.1) is 0 Å². The first-order valence-electron chi connectivity index (χ1n) is 10.8. The Kier molecular flexibility index (Phi) is 7.99. The number of hydrogen-bond donors (Lipinski definition) is 2. The maximum atomic E-state index is 13.7. The topological polar surface area (TPSA) is 54.0 Å². The van der Waals surface area contributed by atoms with Gasteiger partial charge < -0.3 is 10.6 Å². The SMILES string of the molecule is O=C(Nc1cccc(Br)c1)NC(Cc1ccccc1)(c1cccc(C(F)(F)F)c1)c1ccc(I)cn1. The van der Waals surface area contributed by atoms with E-state index in [1.54, 1.807) is 36.5 Å². The molecule has 4 aromatic rings. The van der Waals surface area contributed by atoms with E-state index in [-0.39, 0.29) is 12.0 Å². The smallest absolute Gasteiger partial charge is 0.322 e. The molecule has 36 heavy (non-hydrogen) atoms. The number of anilines is 1. The Morgan fingerprint density at radius 1 is 0.889 bits per heavy atom. The summed E-state index contributed by atoms with van der Waals surface area (Å²) in [5, 5.41) is 5.77. The van der Waals surface area contributed by atoms with Crippen molar-refractivity contribution in [3.63, 3.8) is 0 Å². The summed E-state index contributed by atoms with van der Waals surface area (Å²) in [6.45, 7) is 0. The predicted molar refractivity (Wildman–Crippen MR) is 146 cm³/mol. The molecule has 0 bridgehead atoms. The second-order valence-electron chi connectivity index (χ2n) is 8.10. The van der Waals surface area contributed by atoms with Crippen molar-refractivity contribution < 1.29 is 18.0 Å². The molecule has 2 N–H and O–H groups in total. The van der Waals surface area contributed by atoms with Crippen LogP contribution in [0.25, 0.3) is 0 Å². The van der Waals surface area contributed by atoms with Crippen LogP contribution < -0.4 is 10.6 Å². The first-order chi connectivity index (χ1) is 17.2. The van der Waals surface area contributed by atoms with Crippen molar-refractivity contribution in [1.29, 1.82) is 0 Å². The molecule has 9 heteroatoms. The van der Waals surface area contributed by atoms with Crippen LogP contribution in [0, 0.1) is 3.57 Å². The van der Waals surface area contributed by atoms with Gasteiger partial charge in [-0.2, -0.15) is 13.2 Å². The zero-order valence-corrected chi connectivity index (χ0v) is 22.4. The van der Waals surface area contributed by atoms with E-state index >= 15 is 0 Å². The number of hydrogen-bond acceptors (Lipinski definition) is 2. The molecule has 1 unspecified atom stereocenters. The number of rotatable bonds is 6. The molecular formula is C27H20BrF3IN3O. The quantitative estimate of drug-likeness (QED) is 0.207. The lowest BCUT2D eigenvalue weighted by Crippen LogP contribution is -2.50. The van der Waals surface area contributed by atoms with E-state index in [2.05, 4.69) is 54.1 Å². The molecule has 2 amide bonds. The first-order valence-corrected chi connectivity index (χ1v) is 12.7. The molecule has 4 rings (SSSR count). The summed E-state index contributed by atoms with van der Waals surface area (Å²) in [5.74, 6) is 0. The molecule has 4 nitrogen and oxygen atoms in total. The number of pyridine rings is 1. The van der Waals surface area contributed by atoms with Gasteiger partial charge in [0.25, 0.3) is 0 Å². The summed E-state index contributed by atoms with van der Waals surface area (Å²) in [7, 11) is 0. The van der Waals surface area contributed by atoms with Crippen LogP contribution in [0.15, 0.2) is 102 Å². The average Bonchev–Trinajstić information content (AvgIpc) is 2.84. The second-order valence-corrected chi connectivity index (χ2v) is 10.3. The molecule has 0 saturated carbocycles. The Morgan fingerprint density at radius 3 is 2.28 bits per heavy atom. The van der Waals surface area contributed by atoms with Gasteiger partial charge in [0.1, 0.15) is 5.54 Å². The number of benzene rings is 3. The standard InChI is InChI=1S/C27H20BrF3IN3O/c28-21-10-5-11-23(15-21)34-25(36)35-26(16-18-6-2-1-3-7-18,24-13-12-22(32)17-33-24)19-8-4-9-20(14-19)27(29,30)31/h1-15,17H,16H2,(H2,34,35,36). The Hall–Kier alpha value is -2.92. The fourth-order valence-electron chi connectivity index (χ4n) is 3.93. The third-order valence-electron chi connectivity index (χ3n) is 5.57. The van der Waals surface area contributed by atoms with Gasteiger partial charge in [0.05, 0.1) is 11.3 Å². The number of halogens is 5. The minimum Gasteiger partial charge on any atom is -0.322 e. The lowest BCUT2D eigenvalue weighted by molar-refractivity contribution is -0.137. The highest BCUT2D eigenvalue weighted by atomic mass is 127. The van der Waals surface area contributed by atoms with Crippen LogP contribution in [-0.2, 0) is 18.1 Å². The van der Waals surface area contributed by atoms with Crippen molar-refractivity contribution in [3.05, 3.63) is 128 Å². The van der Waals surface area contributed by atoms with Gasteiger partial charge in [-0.1, -0.05) is 64.5 Å². The van der Waals surface area contributed by atoms with Crippen LogP contribution in [0.1, 0.15) is 22.4 Å². The van der Waals surface area contributed by atoms with E-state index in [1.165, 1.54) is 6.07 Å². The molecule has 1 atom stereocenters. The van der Waals surface area contributed by atoms with Crippen LogP contribution in [-0.4, -0.2) is 11.0 Å². The van der Waals surface area contributed by atoms with Gasteiger partial charge >= 0.3 is 12.2 Å². The second kappa shape index (κ2) is 11.0. The normalized spacial score (nSPS) is 13.0. The number of carbonyl (C=O) groups excluding carboxylic acids is 1. The number of nitrogens with one attached hydrogen (secondary N) is 2. The van der Waals surface area contributed by atoms with E-state index in [9.17, 15) is 18.0 Å². The largest absolute Gasteiger partial charge is 0.416 e. The Morgan fingerprint density at radius 2 is 1.61 bits per heavy atom. The van der Waals surface area contributed by atoms with E-state index in [0.29, 0.717) is 11.4 Å². The Labute approximate surface area is 228 Å². The van der Waals surface area contributed by atoms with Gasteiger partial charge in [0, 0.05) is 26.3 Å². The number of nitrogens with zero attached hydrogens (tertiary/aromatic N) is 1. The lowest BCUT2D eigenvalue weighted by Gasteiger charge is -2.36. The highest BCUT2D eigenvalue weighted by Gasteiger charge is 2.40. The maximum absolute atomic E-state index is 13.7. The number of carbonyl (C=O) groups is 1. The lowest BCUT2D eigenvalue weighted by atomic mass is 9.80. The first kappa shape index (κ1) is 26.2. The fraction of sp³-hybridized carbons (Fsp3) is 0.111. The summed E-state index contributed by atoms with van der Waals surface area (Å²) in [4.78, 5) is 17.9. The summed E-state index contributed by atoms with van der Waals surface area (Å²) >= 11 is 5.48. The molecule has 0 spiro atoms. The van der Waals surface area contributed by atoms with Crippen LogP contribution in [0.4, 0.5) is 23.7 Å². The number of alkyl halides is 3. The molecule has 0 radical (unpaired) electrons. The molecule has 184 valence electrons. The summed E-state index contributed by atoms with van der Waals surface area (Å²) < 4.78 is 42.7. The van der Waals surface area contributed by atoms with E-state index in [4.69, 9.17) is 0 Å². The molecule has 0 aliphatic rings. The molecule has 0 aliphatic carbocycles. The van der Waals surface area contributed by atoms with Crippen LogP contribution in [0.3, 0.4) is 0 Å². The minimum absolute atomic E-state index is 0.175. The van der Waals surface area contributed by atoms with E-state index < -0.39 is 23.3 Å². The third kappa shape index (κ3) is 6.25. The summed E-state index contributed by atoms with van der Waals surface area (Å²) in [5.41, 5.74) is -0.191. The highest BCUT2D eigenvalue weighted by molar-refractivity contribution is 14.1. The van der Waals surface area contributed by atoms with Crippen LogP contribution >= 0.6 is 38.5 Å². The molecule has 1 heterocycles. The van der Waals surface area contributed by atoms with Crippen molar-refractivity contribution in [1.82, 2.24) is 10.3 Å². The van der Waals surface area contributed by atoms with Crippen molar-refractivity contribution in [2.45, 2.75) is 18.1 Å². The Balaban J connectivity index is 1.87. The number of aromatic nitrogens is 1. The minimum atomic E-state index is -4.55. The number of amides is 2.